The molecule has 1 N–H and O–H groups in total. The number of halogens is 1. The lowest BCUT2D eigenvalue weighted by Gasteiger charge is -2.28. The number of methoxy groups -OCH3 is 1. The van der Waals surface area contributed by atoms with E-state index in [0.717, 1.165) is 47.4 Å². The molecule has 1 fully saturated rings. The lowest BCUT2D eigenvalue weighted by Crippen LogP contribution is -2.22. The number of rotatable bonds is 3. The third-order valence-corrected chi connectivity index (χ3v) is 4.40. The van der Waals surface area contributed by atoms with Gasteiger partial charge in [0, 0.05) is 23.2 Å². The summed E-state index contributed by atoms with van der Waals surface area (Å²) in [4.78, 5) is 0. The van der Waals surface area contributed by atoms with Crippen LogP contribution in [0.1, 0.15) is 30.1 Å². The molecule has 1 aromatic rings. The van der Waals surface area contributed by atoms with Gasteiger partial charge in [0.25, 0.3) is 0 Å². The van der Waals surface area contributed by atoms with E-state index >= 15 is 0 Å². The molecule has 1 heterocycles. The standard InChI is InChI=1S/C14H19BrO3/c1-9-7-13(17-2)11(8-12(9)15)14(16)10-3-5-18-6-4-10/h7-8,10,14,16H,3-6H2,1-2H3. The van der Waals surface area contributed by atoms with E-state index in [2.05, 4.69) is 15.9 Å². The zero-order chi connectivity index (χ0) is 13.1. The van der Waals surface area contributed by atoms with Gasteiger partial charge in [-0.25, -0.2) is 0 Å². The first-order valence-electron chi connectivity index (χ1n) is 6.23. The van der Waals surface area contributed by atoms with Crippen LogP contribution >= 0.6 is 15.9 Å². The molecular formula is C14H19BrO3. The summed E-state index contributed by atoms with van der Waals surface area (Å²) in [6.45, 7) is 3.48. The first-order valence-corrected chi connectivity index (χ1v) is 7.02. The largest absolute Gasteiger partial charge is 0.496 e. The van der Waals surface area contributed by atoms with E-state index in [4.69, 9.17) is 9.47 Å². The summed E-state index contributed by atoms with van der Waals surface area (Å²) >= 11 is 3.51. The zero-order valence-electron chi connectivity index (χ0n) is 10.8. The quantitative estimate of drug-likeness (QED) is 0.931. The van der Waals surface area contributed by atoms with E-state index in [-0.39, 0.29) is 5.92 Å². The van der Waals surface area contributed by atoms with Crippen molar-refractivity contribution in [2.45, 2.75) is 25.9 Å². The van der Waals surface area contributed by atoms with Crippen LogP contribution in [0, 0.1) is 12.8 Å². The van der Waals surface area contributed by atoms with Crippen LogP contribution in [0.15, 0.2) is 16.6 Å². The first-order chi connectivity index (χ1) is 8.63. The van der Waals surface area contributed by atoms with Gasteiger partial charge in [-0.15, -0.1) is 0 Å². The highest BCUT2D eigenvalue weighted by molar-refractivity contribution is 9.10. The van der Waals surface area contributed by atoms with E-state index in [1.165, 1.54) is 0 Å². The van der Waals surface area contributed by atoms with Crippen molar-refractivity contribution in [3.05, 3.63) is 27.7 Å². The summed E-state index contributed by atoms with van der Waals surface area (Å²) < 4.78 is 11.7. The second kappa shape index (κ2) is 6.04. The van der Waals surface area contributed by atoms with Crippen LogP contribution in [-0.4, -0.2) is 25.4 Å². The van der Waals surface area contributed by atoms with Gasteiger partial charge in [-0.3, -0.25) is 0 Å². The van der Waals surface area contributed by atoms with E-state index in [1.54, 1.807) is 7.11 Å². The minimum Gasteiger partial charge on any atom is -0.496 e. The van der Waals surface area contributed by atoms with Crippen molar-refractivity contribution in [1.82, 2.24) is 0 Å². The third-order valence-electron chi connectivity index (χ3n) is 3.54. The average Bonchev–Trinajstić information content (AvgIpc) is 2.41. The van der Waals surface area contributed by atoms with Gasteiger partial charge < -0.3 is 14.6 Å². The Morgan fingerprint density at radius 2 is 2.06 bits per heavy atom. The van der Waals surface area contributed by atoms with Crippen LogP contribution < -0.4 is 4.74 Å². The summed E-state index contributed by atoms with van der Waals surface area (Å²) in [5.41, 5.74) is 1.97. The molecule has 2 rings (SSSR count). The van der Waals surface area contributed by atoms with Crippen LogP contribution in [0.3, 0.4) is 0 Å². The van der Waals surface area contributed by atoms with Crippen molar-refractivity contribution in [2.75, 3.05) is 20.3 Å². The molecule has 18 heavy (non-hydrogen) atoms. The van der Waals surface area contributed by atoms with Gasteiger partial charge in [0.2, 0.25) is 0 Å². The van der Waals surface area contributed by atoms with E-state index in [9.17, 15) is 5.11 Å². The fraction of sp³-hybridized carbons (Fsp3) is 0.571. The van der Waals surface area contributed by atoms with Crippen molar-refractivity contribution in [3.8, 4) is 5.75 Å². The summed E-state index contributed by atoms with van der Waals surface area (Å²) in [7, 11) is 1.64. The average molecular weight is 315 g/mol. The van der Waals surface area contributed by atoms with Gasteiger partial charge in [0.05, 0.1) is 13.2 Å². The Balaban J connectivity index is 2.27. The molecule has 0 radical (unpaired) electrons. The summed E-state index contributed by atoms with van der Waals surface area (Å²) in [6.07, 6.45) is 1.31. The topological polar surface area (TPSA) is 38.7 Å². The number of ether oxygens (including phenoxy) is 2. The molecule has 100 valence electrons. The van der Waals surface area contributed by atoms with E-state index in [1.807, 2.05) is 19.1 Å². The highest BCUT2D eigenvalue weighted by Gasteiger charge is 2.26. The minimum absolute atomic E-state index is 0.252. The zero-order valence-corrected chi connectivity index (χ0v) is 12.4. The first kappa shape index (κ1) is 13.8. The molecule has 1 aliphatic rings. The van der Waals surface area contributed by atoms with Gasteiger partial charge in [-0.2, -0.15) is 0 Å². The molecule has 1 aliphatic heterocycles. The molecule has 1 atom stereocenters. The summed E-state index contributed by atoms with van der Waals surface area (Å²) in [5, 5.41) is 10.5. The van der Waals surface area contributed by atoms with Gasteiger partial charge in [0.15, 0.2) is 0 Å². The Bertz CT molecular complexity index is 414. The SMILES string of the molecule is COc1cc(C)c(Br)cc1C(O)C1CCOCC1. The Morgan fingerprint density at radius 3 is 2.67 bits per heavy atom. The number of hydrogen-bond donors (Lipinski definition) is 1. The molecule has 0 aromatic heterocycles. The highest BCUT2D eigenvalue weighted by Crippen LogP contribution is 2.37. The van der Waals surface area contributed by atoms with Crippen molar-refractivity contribution in [3.63, 3.8) is 0 Å². The smallest absolute Gasteiger partial charge is 0.125 e. The lowest BCUT2D eigenvalue weighted by atomic mass is 9.88. The third kappa shape index (κ3) is 2.87. The summed E-state index contributed by atoms with van der Waals surface area (Å²) in [5.74, 6) is 1.01. The van der Waals surface area contributed by atoms with Crippen LogP contribution in [0.2, 0.25) is 0 Å². The molecular weight excluding hydrogens is 296 g/mol. The molecule has 0 amide bonds. The van der Waals surface area contributed by atoms with Gasteiger partial charge in [-0.05, 0) is 43.4 Å². The number of hydrogen-bond acceptors (Lipinski definition) is 3. The maximum Gasteiger partial charge on any atom is 0.125 e. The molecule has 0 bridgehead atoms. The Labute approximate surface area is 116 Å². The predicted octanol–water partition coefficient (Wildman–Crippen LogP) is 3.23. The van der Waals surface area contributed by atoms with Gasteiger partial charge in [-0.1, -0.05) is 15.9 Å². The second-order valence-electron chi connectivity index (χ2n) is 4.74. The molecule has 0 saturated carbocycles. The number of benzene rings is 1. The molecule has 1 aromatic carbocycles. The summed E-state index contributed by atoms with van der Waals surface area (Å²) in [6, 6.07) is 3.93. The Morgan fingerprint density at radius 1 is 1.39 bits per heavy atom. The number of aliphatic hydroxyl groups excluding tert-OH is 1. The van der Waals surface area contributed by atoms with Gasteiger partial charge >= 0.3 is 0 Å². The van der Waals surface area contributed by atoms with Crippen LogP contribution in [0.5, 0.6) is 5.75 Å². The Kier molecular flexibility index (Phi) is 4.65. The fourth-order valence-corrected chi connectivity index (χ4v) is 2.72. The normalized spacial score (nSPS) is 18.7. The maximum absolute atomic E-state index is 10.5. The maximum atomic E-state index is 10.5. The molecule has 4 heteroatoms. The molecule has 1 unspecified atom stereocenters. The van der Waals surface area contributed by atoms with Crippen LogP contribution in [-0.2, 0) is 4.74 Å². The highest BCUT2D eigenvalue weighted by atomic mass is 79.9. The Hall–Kier alpha value is -0.580. The monoisotopic (exact) mass is 314 g/mol. The van der Waals surface area contributed by atoms with E-state index < -0.39 is 6.10 Å². The molecule has 0 aliphatic carbocycles. The molecule has 0 spiro atoms. The molecule has 3 nitrogen and oxygen atoms in total. The van der Waals surface area contributed by atoms with Crippen molar-refractivity contribution >= 4 is 15.9 Å². The number of aliphatic hydroxyl groups is 1. The van der Waals surface area contributed by atoms with E-state index in [0.29, 0.717) is 0 Å². The number of aryl methyl sites for hydroxylation is 1. The van der Waals surface area contributed by atoms with Crippen molar-refractivity contribution in [1.29, 1.82) is 0 Å². The fourth-order valence-electron chi connectivity index (χ4n) is 2.36. The minimum atomic E-state index is -0.485. The van der Waals surface area contributed by atoms with Gasteiger partial charge in [0.1, 0.15) is 5.75 Å². The van der Waals surface area contributed by atoms with Crippen LogP contribution in [0.25, 0.3) is 0 Å². The van der Waals surface area contributed by atoms with Crippen molar-refractivity contribution in [2.24, 2.45) is 5.92 Å². The van der Waals surface area contributed by atoms with Crippen molar-refractivity contribution < 1.29 is 14.6 Å². The second-order valence-corrected chi connectivity index (χ2v) is 5.59. The predicted molar refractivity (Wildman–Crippen MR) is 73.9 cm³/mol. The van der Waals surface area contributed by atoms with Crippen LogP contribution in [0.4, 0.5) is 0 Å². The lowest BCUT2D eigenvalue weighted by molar-refractivity contribution is 0.00634. The molecule has 1 saturated heterocycles.